The highest BCUT2D eigenvalue weighted by atomic mass is 16.5. The zero-order valence-electron chi connectivity index (χ0n) is 27.8. The van der Waals surface area contributed by atoms with Crippen LogP contribution in [0.2, 0.25) is 0 Å². The fourth-order valence-corrected chi connectivity index (χ4v) is 5.70. The molecule has 0 bridgehead atoms. The van der Waals surface area contributed by atoms with Crippen molar-refractivity contribution in [2.45, 2.75) is 13.8 Å². The lowest BCUT2D eigenvalue weighted by Crippen LogP contribution is -2.09. The number of benzene rings is 4. The summed E-state index contributed by atoms with van der Waals surface area (Å²) in [5.74, 6) is 0.739. The maximum absolute atomic E-state index is 14.1. The predicted molar refractivity (Wildman–Crippen MR) is 184 cm³/mol. The van der Waals surface area contributed by atoms with Gasteiger partial charge in [0.1, 0.15) is 35.2 Å². The van der Waals surface area contributed by atoms with Crippen LogP contribution >= 0.6 is 0 Å². The molecule has 0 saturated carbocycles. The maximum Gasteiger partial charge on any atom is 0.308 e. The molecule has 0 aliphatic carbocycles. The molecule has 0 spiro atoms. The monoisotopic (exact) mass is 678 g/mol. The average Bonchev–Trinajstić information content (AvgIpc) is 3.10. The standard InChI is InChI=1S/C38H30O12/c1-19(39)49-21-7-9-23-31(11-21)47-17-29(37(23)41)27-15-35(45-5)33(43-3)13-25(27)26-14-34(44-4)36(46-6)16-28(26)30-18-48-32-12-22(50-20(2)40)8-10-24(32)38(30)42/h7-18H,1-6H3. The van der Waals surface area contributed by atoms with Crippen LogP contribution in [0.3, 0.4) is 0 Å². The summed E-state index contributed by atoms with van der Waals surface area (Å²) in [6.07, 6.45) is 2.61. The highest BCUT2D eigenvalue weighted by molar-refractivity contribution is 5.97. The Hall–Kier alpha value is -6.56. The van der Waals surface area contributed by atoms with Crippen molar-refractivity contribution in [2.75, 3.05) is 28.4 Å². The molecule has 0 N–H and O–H groups in total. The van der Waals surface area contributed by atoms with Gasteiger partial charge < -0.3 is 37.3 Å². The third-order valence-electron chi connectivity index (χ3n) is 7.93. The highest BCUT2D eigenvalue weighted by Gasteiger charge is 2.24. The number of carbonyl (C=O) groups is 2. The molecule has 2 heterocycles. The quantitative estimate of drug-likeness (QED) is 0.117. The molecule has 50 heavy (non-hydrogen) atoms. The molecule has 0 unspecified atom stereocenters. The van der Waals surface area contributed by atoms with E-state index in [0.29, 0.717) is 45.3 Å². The normalized spacial score (nSPS) is 10.9. The number of hydrogen-bond acceptors (Lipinski definition) is 12. The molecule has 12 nitrogen and oxygen atoms in total. The van der Waals surface area contributed by atoms with Crippen LogP contribution in [0.1, 0.15) is 13.8 Å². The molecule has 0 amide bonds. The van der Waals surface area contributed by atoms with Crippen LogP contribution in [0.15, 0.2) is 91.6 Å². The minimum Gasteiger partial charge on any atom is -0.493 e. The topological polar surface area (TPSA) is 150 Å². The van der Waals surface area contributed by atoms with Gasteiger partial charge in [-0.1, -0.05) is 0 Å². The Bertz CT molecular complexity index is 2270. The van der Waals surface area contributed by atoms with Gasteiger partial charge in [0.15, 0.2) is 23.0 Å². The molecule has 254 valence electrons. The minimum absolute atomic E-state index is 0.165. The van der Waals surface area contributed by atoms with Crippen LogP contribution in [0.25, 0.3) is 55.3 Å². The Morgan fingerprint density at radius 1 is 0.480 bits per heavy atom. The Morgan fingerprint density at radius 2 is 0.800 bits per heavy atom. The van der Waals surface area contributed by atoms with E-state index in [1.54, 1.807) is 24.3 Å². The Labute approximate surface area is 284 Å². The molecule has 2 aromatic heterocycles. The lowest BCUT2D eigenvalue weighted by Gasteiger charge is -2.19. The first-order valence-corrected chi connectivity index (χ1v) is 15.1. The maximum atomic E-state index is 14.1. The van der Waals surface area contributed by atoms with Crippen molar-refractivity contribution in [2.24, 2.45) is 0 Å². The number of ether oxygens (including phenoxy) is 6. The molecule has 0 aliphatic rings. The Kier molecular flexibility index (Phi) is 9.01. The molecular weight excluding hydrogens is 648 g/mol. The van der Waals surface area contributed by atoms with Crippen LogP contribution in [0.4, 0.5) is 0 Å². The van der Waals surface area contributed by atoms with Crippen molar-refractivity contribution in [3.8, 4) is 67.9 Å². The second-order valence-corrected chi connectivity index (χ2v) is 11.0. The number of rotatable bonds is 9. The van der Waals surface area contributed by atoms with Gasteiger partial charge in [0, 0.05) is 37.1 Å². The zero-order chi connectivity index (χ0) is 35.7. The van der Waals surface area contributed by atoms with Crippen molar-refractivity contribution in [1.29, 1.82) is 0 Å². The molecule has 4 aromatic carbocycles. The third-order valence-corrected chi connectivity index (χ3v) is 7.93. The second kappa shape index (κ2) is 13.5. The first-order valence-electron chi connectivity index (χ1n) is 15.1. The summed E-state index contributed by atoms with van der Waals surface area (Å²) in [5, 5.41) is 0.463. The van der Waals surface area contributed by atoms with Gasteiger partial charge in [0.05, 0.1) is 50.3 Å². The van der Waals surface area contributed by atoms with Crippen LogP contribution in [-0.2, 0) is 9.59 Å². The fourth-order valence-electron chi connectivity index (χ4n) is 5.70. The van der Waals surface area contributed by atoms with E-state index >= 15 is 0 Å². The molecule has 0 saturated heterocycles. The van der Waals surface area contributed by atoms with Crippen molar-refractivity contribution in [3.63, 3.8) is 0 Å². The first-order chi connectivity index (χ1) is 24.1. The zero-order valence-corrected chi connectivity index (χ0v) is 27.8. The SMILES string of the molecule is COc1cc(-c2cc(OC)c(OC)cc2-c2coc3cc(OC(C)=O)ccc3c2=O)c(-c2coc3cc(OC(C)=O)ccc3c2=O)cc1OC. The van der Waals surface area contributed by atoms with Crippen LogP contribution in [0, 0.1) is 0 Å². The average molecular weight is 679 g/mol. The summed E-state index contributed by atoms with van der Waals surface area (Å²) in [6.45, 7) is 2.54. The summed E-state index contributed by atoms with van der Waals surface area (Å²) < 4.78 is 44.7. The highest BCUT2D eigenvalue weighted by Crippen LogP contribution is 2.46. The number of methoxy groups -OCH3 is 4. The number of esters is 2. The Balaban J connectivity index is 1.65. The molecular formula is C38H30O12. The molecule has 0 fully saturated rings. The van der Waals surface area contributed by atoms with Crippen molar-refractivity contribution >= 4 is 33.9 Å². The van der Waals surface area contributed by atoms with Gasteiger partial charge in [-0.3, -0.25) is 19.2 Å². The van der Waals surface area contributed by atoms with Crippen molar-refractivity contribution in [3.05, 3.63) is 93.6 Å². The van der Waals surface area contributed by atoms with E-state index in [1.165, 1.54) is 91.2 Å². The summed E-state index contributed by atoms with van der Waals surface area (Å²) in [5.41, 5.74) is 1.64. The molecule has 0 radical (unpaired) electrons. The second-order valence-electron chi connectivity index (χ2n) is 11.0. The van der Waals surface area contributed by atoms with E-state index in [2.05, 4.69) is 0 Å². The summed E-state index contributed by atoms with van der Waals surface area (Å²) in [7, 11) is 5.89. The number of carbonyl (C=O) groups excluding carboxylic acids is 2. The lowest BCUT2D eigenvalue weighted by molar-refractivity contribution is -0.132. The molecule has 12 heteroatoms. The molecule has 6 rings (SSSR count). The summed E-state index contributed by atoms with van der Waals surface area (Å²) >= 11 is 0. The van der Waals surface area contributed by atoms with E-state index < -0.39 is 11.9 Å². The fraction of sp³-hybridized carbons (Fsp3) is 0.158. The van der Waals surface area contributed by atoms with Gasteiger partial charge >= 0.3 is 11.9 Å². The van der Waals surface area contributed by atoms with Crippen molar-refractivity contribution < 1.29 is 46.8 Å². The number of fused-ring (bicyclic) bond motifs is 2. The van der Waals surface area contributed by atoms with Crippen molar-refractivity contribution in [1.82, 2.24) is 0 Å². The largest absolute Gasteiger partial charge is 0.493 e. The van der Waals surface area contributed by atoms with Gasteiger partial charge in [-0.05, 0) is 59.7 Å². The van der Waals surface area contributed by atoms with Crippen LogP contribution < -0.4 is 39.3 Å². The molecule has 6 aromatic rings. The van der Waals surface area contributed by atoms with E-state index in [9.17, 15) is 19.2 Å². The van der Waals surface area contributed by atoms with Gasteiger partial charge in [0.2, 0.25) is 10.9 Å². The predicted octanol–water partition coefficient (Wildman–Crippen LogP) is 6.79. The third kappa shape index (κ3) is 6.10. The van der Waals surface area contributed by atoms with Gasteiger partial charge in [-0.15, -0.1) is 0 Å². The minimum atomic E-state index is -0.517. The van der Waals surface area contributed by atoms with E-state index in [-0.39, 0.29) is 55.4 Å². The van der Waals surface area contributed by atoms with E-state index in [1.807, 2.05) is 0 Å². The molecule has 0 aliphatic heterocycles. The van der Waals surface area contributed by atoms with Crippen LogP contribution in [0.5, 0.6) is 34.5 Å². The number of hydrogen-bond donors (Lipinski definition) is 0. The van der Waals surface area contributed by atoms with Gasteiger partial charge in [0.25, 0.3) is 0 Å². The summed E-state index contributed by atoms with van der Waals surface area (Å²) in [4.78, 5) is 51.2. The first kappa shape index (κ1) is 33.3. The molecule has 0 atom stereocenters. The lowest BCUT2D eigenvalue weighted by atomic mass is 9.88. The summed E-state index contributed by atoms with van der Waals surface area (Å²) in [6, 6.07) is 15.6. The van der Waals surface area contributed by atoms with Gasteiger partial charge in [-0.25, -0.2) is 0 Å². The van der Waals surface area contributed by atoms with Crippen LogP contribution in [-0.4, -0.2) is 40.4 Å². The smallest absolute Gasteiger partial charge is 0.308 e. The van der Waals surface area contributed by atoms with E-state index in [0.717, 1.165) is 0 Å². The Morgan fingerprint density at radius 3 is 1.10 bits per heavy atom. The van der Waals surface area contributed by atoms with E-state index in [4.69, 9.17) is 37.3 Å². The van der Waals surface area contributed by atoms with Gasteiger partial charge in [-0.2, -0.15) is 0 Å².